The maximum absolute atomic E-state index is 13.1. The van der Waals surface area contributed by atoms with Gasteiger partial charge in [-0.3, -0.25) is 14.4 Å². The van der Waals surface area contributed by atoms with Crippen LogP contribution in [0.2, 0.25) is 0 Å². The van der Waals surface area contributed by atoms with E-state index in [4.69, 9.17) is 15.2 Å². The number of carbonyl (C=O) groups excluding carboxylic acids is 2. The molecule has 4 N–H and O–H groups in total. The van der Waals surface area contributed by atoms with Gasteiger partial charge in [0.1, 0.15) is 18.0 Å². The third-order valence-corrected chi connectivity index (χ3v) is 8.04. The summed E-state index contributed by atoms with van der Waals surface area (Å²) in [6.07, 6.45) is 7.11. The molecule has 40 heavy (non-hydrogen) atoms. The zero-order valence-electron chi connectivity index (χ0n) is 22.5. The van der Waals surface area contributed by atoms with Crippen LogP contribution in [0.25, 0.3) is 16.3 Å². The average Bonchev–Trinajstić information content (AvgIpc) is 3.32. The maximum Gasteiger partial charge on any atom is 0.320 e. The molecule has 1 amide bonds. The summed E-state index contributed by atoms with van der Waals surface area (Å²) in [6, 6.07) is 11.3. The molecule has 3 heterocycles. The Balaban J connectivity index is 1.04. The van der Waals surface area contributed by atoms with Gasteiger partial charge >= 0.3 is 5.97 Å². The highest BCUT2D eigenvalue weighted by atomic mass is 16.6. The highest BCUT2D eigenvalue weighted by molar-refractivity contribution is 6.00. The van der Waals surface area contributed by atoms with Crippen molar-refractivity contribution in [3.05, 3.63) is 70.4 Å². The Labute approximate surface area is 230 Å². The van der Waals surface area contributed by atoms with Gasteiger partial charge in [-0.1, -0.05) is 18.2 Å². The number of carbonyl (C=O) groups is 2. The standard InChI is InChI=1S/C29H32N6O5/c1-28(2,40-24(36)13-30)16-39-19-7-8-23-22(14-31-35(23)15-19)26(37)32-18-11-29(12-18)9-17(10-29)25-20-5-3-4-6-21(20)27(38)34-33-25/h3-8,14-15,17-18H,9-13,16,30H2,1-2H3,(H,32,37)(H,34,38). The van der Waals surface area contributed by atoms with Gasteiger partial charge in [0.25, 0.3) is 11.5 Å². The van der Waals surface area contributed by atoms with E-state index in [1.807, 2.05) is 24.3 Å². The van der Waals surface area contributed by atoms with E-state index in [1.165, 1.54) is 0 Å². The van der Waals surface area contributed by atoms with Gasteiger partial charge in [-0.2, -0.15) is 10.2 Å². The Kier molecular flexibility index (Phi) is 6.33. The Morgan fingerprint density at radius 2 is 1.90 bits per heavy atom. The first-order valence-corrected chi connectivity index (χ1v) is 13.5. The van der Waals surface area contributed by atoms with E-state index in [0.29, 0.717) is 28.1 Å². The fourth-order valence-electron chi connectivity index (χ4n) is 6.17. The van der Waals surface area contributed by atoms with Crippen molar-refractivity contribution in [3.63, 3.8) is 0 Å². The second kappa shape index (κ2) is 9.74. The molecule has 4 aromatic rings. The molecule has 2 aliphatic rings. The molecule has 0 radical (unpaired) electrons. The van der Waals surface area contributed by atoms with Gasteiger partial charge in [-0.05, 0) is 63.1 Å². The van der Waals surface area contributed by atoms with Crippen LogP contribution >= 0.6 is 0 Å². The first-order chi connectivity index (χ1) is 19.2. The number of rotatable bonds is 8. The molecule has 0 unspecified atom stereocenters. The van der Waals surface area contributed by atoms with Crippen LogP contribution in [0.3, 0.4) is 0 Å². The van der Waals surface area contributed by atoms with Crippen LogP contribution in [0.5, 0.6) is 5.75 Å². The van der Waals surface area contributed by atoms with Crippen molar-refractivity contribution in [3.8, 4) is 5.75 Å². The molecule has 6 rings (SSSR count). The predicted octanol–water partition coefficient (Wildman–Crippen LogP) is 2.69. The number of hydrogen-bond acceptors (Lipinski definition) is 8. The van der Waals surface area contributed by atoms with E-state index in [0.717, 1.165) is 36.8 Å². The second-order valence-corrected chi connectivity index (χ2v) is 11.6. The van der Waals surface area contributed by atoms with Crippen molar-refractivity contribution >= 4 is 28.2 Å². The summed E-state index contributed by atoms with van der Waals surface area (Å²) in [5.74, 6) is 0.195. The fraction of sp³-hybridized carbons (Fsp3) is 0.414. The second-order valence-electron chi connectivity index (χ2n) is 11.6. The van der Waals surface area contributed by atoms with Gasteiger partial charge < -0.3 is 20.5 Å². The van der Waals surface area contributed by atoms with Gasteiger partial charge in [0.2, 0.25) is 0 Å². The number of fused-ring (bicyclic) bond motifs is 2. The third-order valence-electron chi connectivity index (χ3n) is 8.04. The van der Waals surface area contributed by atoms with Gasteiger partial charge in [0.15, 0.2) is 0 Å². The molecule has 0 saturated heterocycles. The zero-order valence-corrected chi connectivity index (χ0v) is 22.5. The molecule has 1 spiro atoms. The van der Waals surface area contributed by atoms with E-state index in [9.17, 15) is 14.4 Å². The van der Waals surface area contributed by atoms with Crippen LogP contribution in [-0.4, -0.2) is 56.5 Å². The number of hydrogen-bond donors (Lipinski definition) is 3. The summed E-state index contributed by atoms with van der Waals surface area (Å²) in [5, 5.41) is 16.1. The molecule has 11 heteroatoms. The van der Waals surface area contributed by atoms with Crippen molar-refractivity contribution in [1.29, 1.82) is 0 Å². The molecule has 0 bridgehead atoms. The summed E-state index contributed by atoms with van der Waals surface area (Å²) >= 11 is 0. The van der Waals surface area contributed by atoms with E-state index in [-0.39, 0.29) is 36.1 Å². The lowest BCUT2D eigenvalue weighted by atomic mass is 9.49. The molecule has 0 aliphatic heterocycles. The Hall–Kier alpha value is -4.25. The van der Waals surface area contributed by atoms with Gasteiger partial charge in [0, 0.05) is 17.3 Å². The van der Waals surface area contributed by atoms with Crippen molar-refractivity contribution in [2.24, 2.45) is 11.1 Å². The third kappa shape index (κ3) is 4.81. The number of pyridine rings is 1. The summed E-state index contributed by atoms with van der Waals surface area (Å²) in [7, 11) is 0. The lowest BCUT2D eigenvalue weighted by Gasteiger charge is -2.57. The minimum Gasteiger partial charge on any atom is -0.488 e. The Morgan fingerprint density at radius 3 is 2.65 bits per heavy atom. The van der Waals surface area contributed by atoms with E-state index >= 15 is 0 Å². The molecule has 11 nitrogen and oxygen atoms in total. The van der Waals surface area contributed by atoms with E-state index in [2.05, 4.69) is 20.6 Å². The summed E-state index contributed by atoms with van der Waals surface area (Å²) < 4.78 is 12.7. The first kappa shape index (κ1) is 26.0. The molecule has 2 aliphatic carbocycles. The highest BCUT2D eigenvalue weighted by Gasteiger charge is 2.54. The van der Waals surface area contributed by atoms with E-state index < -0.39 is 11.6 Å². The zero-order chi connectivity index (χ0) is 28.1. The molecule has 1 aromatic carbocycles. The number of aromatic nitrogens is 4. The fourth-order valence-corrected chi connectivity index (χ4v) is 6.17. The van der Waals surface area contributed by atoms with Crippen LogP contribution in [-0.2, 0) is 9.53 Å². The number of esters is 1. The van der Waals surface area contributed by atoms with E-state index in [1.54, 1.807) is 42.9 Å². The lowest BCUT2D eigenvalue weighted by molar-refractivity contribution is -0.157. The minimum absolute atomic E-state index is 0.116. The van der Waals surface area contributed by atoms with Crippen molar-refractivity contribution < 1.29 is 19.1 Å². The monoisotopic (exact) mass is 544 g/mol. The molecule has 2 fully saturated rings. The number of nitrogens with two attached hydrogens (primary N) is 1. The molecule has 2 saturated carbocycles. The molecular weight excluding hydrogens is 512 g/mol. The summed E-state index contributed by atoms with van der Waals surface area (Å²) in [4.78, 5) is 36.7. The van der Waals surface area contributed by atoms with Crippen molar-refractivity contribution in [1.82, 2.24) is 25.1 Å². The normalized spacial score (nSPS) is 22.1. The van der Waals surface area contributed by atoms with Crippen LogP contribution in [0.4, 0.5) is 0 Å². The number of amides is 1. The smallest absolute Gasteiger partial charge is 0.320 e. The quantitative estimate of drug-likeness (QED) is 0.286. The number of nitrogens with zero attached hydrogens (tertiary/aromatic N) is 3. The highest BCUT2D eigenvalue weighted by Crippen LogP contribution is 2.62. The number of ether oxygens (including phenoxy) is 2. The van der Waals surface area contributed by atoms with Gasteiger partial charge in [0.05, 0.1) is 41.1 Å². The van der Waals surface area contributed by atoms with Crippen LogP contribution in [0.1, 0.15) is 61.5 Å². The van der Waals surface area contributed by atoms with Crippen molar-refractivity contribution in [2.75, 3.05) is 13.2 Å². The Bertz CT molecular complexity index is 1660. The van der Waals surface area contributed by atoms with Gasteiger partial charge in [-0.25, -0.2) is 9.61 Å². The molecule has 3 aromatic heterocycles. The van der Waals surface area contributed by atoms with Crippen LogP contribution in [0, 0.1) is 5.41 Å². The Morgan fingerprint density at radius 1 is 1.15 bits per heavy atom. The van der Waals surface area contributed by atoms with Crippen molar-refractivity contribution in [2.45, 2.75) is 57.1 Å². The number of benzene rings is 1. The number of aromatic amines is 1. The average molecular weight is 545 g/mol. The van der Waals surface area contributed by atoms with Gasteiger partial charge in [-0.15, -0.1) is 0 Å². The SMILES string of the molecule is CC(C)(COc1ccc2c(C(=O)NC3CC4(C3)CC(c3n[nH]c(=O)c5ccccc35)C4)cnn2c1)OC(=O)CN. The molecule has 208 valence electrons. The van der Waals surface area contributed by atoms with Crippen LogP contribution in [0.15, 0.2) is 53.6 Å². The largest absolute Gasteiger partial charge is 0.488 e. The van der Waals surface area contributed by atoms with Crippen LogP contribution < -0.4 is 21.3 Å². The summed E-state index contributed by atoms with van der Waals surface area (Å²) in [6.45, 7) is 3.43. The topological polar surface area (TPSA) is 154 Å². The lowest BCUT2D eigenvalue weighted by Crippen LogP contribution is -2.55. The molecular formula is C29H32N6O5. The molecule has 0 atom stereocenters. The number of nitrogens with one attached hydrogen (secondary N) is 2. The number of H-pyrrole nitrogens is 1. The minimum atomic E-state index is -0.842. The maximum atomic E-state index is 13.1. The first-order valence-electron chi connectivity index (χ1n) is 13.5. The summed E-state index contributed by atoms with van der Waals surface area (Å²) in [5.41, 5.74) is 6.67. The predicted molar refractivity (Wildman–Crippen MR) is 147 cm³/mol.